The maximum Gasteiger partial charge on any atom is 0.127 e. The van der Waals surface area contributed by atoms with Gasteiger partial charge in [0.25, 0.3) is 0 Å². The van der Waals surface area contributed by atoms with Crippen molar-refractivity contribution < 1.29 is 9.13 Å². The molecule has 2 nitrogen and oxygen atoms in total. The van der Waals surface area contributed by atoms with E-state index in [0.717, 1.165) is 27.7 Å². The highest BCUT2D eigenvalue weighted by molar-refractivity contribution is 7.16. The summed E-state index contributed by atoms with van der Waals surface area (Å²) >= 11 is 7.37. The van der Waals surface area contributed by atoms with Crippen LogP contribution in [-0.2, 0) is 6.61 Å². The van der Waals surface area contributed by atoms with Crippen molar-refractivity contribution in [3.63, 3.8) is 0 Å². The summed E-state index contributed by atoms with van der Waals surface area (Å²) < 4.78 is 20.0. The zero-order chi connectivity index (χ0) is 15.2. The van der Waals surface area contributed by atoms with Crippen molar-refractivity contribution >= 4 is 22.9 Å². The smallest absolute Gasteiger partial charge is 0.127 e. The second kappa shape index (κ2) is 7.78. The predicted molar refractivity (Wildman–Crippen MR) is 86.8 cm³/mol. The second-order valence-electron chi connectivity index (χ2n) is 4.85. The number of benzene rings is 1. The van der Waals surface area contributed by atoms with Crippen LogP contribution in [0.25, 0.3) is 0 Å². The molecule has 2 aromatic rings. The second-order valence-corrected chi connectivity index (χ2v) is 6.65. The first-order valence-corrected chi connectivity index (χ1v) is 8.19. The van der Waals surface area contributed by atoms with Crippen molar-refractivity contribution in [1.82, 2.24) is 5.32 Å². The SMILES string of the molecule is CCCNC(C)c1ccc(F)cc1OCc1ccc(Cl)s1. The molecule has 1 aromatic heterocycles. The Hall–Kier alpha value is -1.10. The summed E-state index contributed by atoms with van der Waals surface area (Å²) in [4.78, 5) is 1.02. The molecule has 5 heteroatoms. The van der Waals surface area contributed by atoms with Gasteiger partial charge in [-0.3, -0.25) is 0 Å². The number of rotatable bonds is 7. The van der Waals surface area contributed by atoms with E-state index in [1.54, 1.807) is 6.07 Å². The molecule has 21 heavy (non-hydrogen) atoms. The van der Waals surface area contributed by atoms with Gasteiger partial charge in [0.1, 0.15) is 18.2 Å². The molecule has 0 bridgehead atoms. The van der Waals surface area contributed by atoms with Gasteiger partial charge in [-0.1, -0.05) is 24.6 Å². The van der Waals surface area contributed by atoms with Crippen LogP contribution in [0.3, 0.4) is 0 Å². The zero-order valence-corrected chi connectivity index (χ0v) is 13.7. The topological polar surface area (TPSA) is 21.3 Å². The Bertz CT molecular complexity index is 587. The van der Waals surface area contributed by atoms with Gasteiger partial charge in [0.15, 0.2) is 0 Å². The van der Waals surface area contributed by atoms with Crippen molar-refractivity contribution in [2.24, 2.45) is 0 Å². The summed E-state index contributed by atoms with van der Waals surface area (Å²) in [5.74, 6) is 0.288. The monoisotopic (exact) mass is 327 g/mol. The fraction of sp³-hybridized carbons (Fsp3) is 0.375. The van der Waals surface area contributed by atoms with Gasteiger partial charge in [-0.15, -0.1) is 11.3 Å². The molecule has 114 valence electrons. The van der Waals surface area contributed by atoms with E-state index in [-0.39, 0.29) is 11.9 Å². The Balaban J connectivity index is 2.10. The highest BCUT2D eigenvalue weighted by Crippen LogP contribution is 2.28. The molecule has 1 atom stereocenters. The highest BCUT2D eigenvalue weighted by Gasteiger charge is 2.12. The molecular formula is C16H19ClFNOS. The van der Waals surface area contributed by atoms with Gasteiger partial charge in [-0.25, -0.2) is 4.39 Å². The van der Waals surface area contributed by atoms with Crippen molar-refractivity contribution in [2.75, 3.05) is 6.54 Å². The fourth-order valence-corrected chi connectivity index (χ4v) is 3.04. The highest BCUT2D eigenvalue weighted by atomic mass is 35.5. The number of ether oxygens (including phenoxy) is 1. The van der Waals surface area contributed by atoms with Gasteiger partial charge in [0, 0.05) is 22.5 Å². The Labute approximate surface area is 133 Å². The zero-order valence-electron chi connectivity index (χ0n) is 12.2. The number of thiophene rings is 1. The molecule has 0 radical (unpaired) electrons. The predicted octanol–water partition coefficient (Wildman–Crippen LogP) is 5.18. The van der Waals surface area contributed by atoms with Crippen LogP contribution in [0.2, 0.25) is 4.34 Å². The van der Waals surface area contributed by atoms with Crippen molar-refractivity contribution in [2.45, 2.75) is 32.9 Å². The van der Waals surface area contributed by atoms with Crippen LogP contribution < -0.4 is 10.1 Å². The summed E-state index contributed by atoms with van der Waals surface area (Å²) in [6, 6.07) is 8.56. The van der Waals surface area contributed by atoms with Crippen LogP contribution in [0.1, 0.15) is 36.8 Å². The van der Waals surface area contributed by atoms with E-state index in [4.69, 9.17) is 16.3 Å². The number of nitrogens with one attached hydrogen (secondary N) is 1. The molecule has 2 rings (SSSR count). The van der Waals surface area contributed by atoms with Gasteiger partial charge >= 0.3 is 0 Å². The molecule has 0 saturated carbocycles. The summed E-state index contributed by atoms with van der Waals surface area (Å²) in [7, 11) is 0. The molecule has 0 spiro atoms. The third-order valence-electron chi connectivity index (χ3n) is 3.14. The third-order valence-corrected chi connectivity index (χ3v) is 4.35. The van der Waals surface area contributed by atoms with Gasteiger partial charge in [-0.05, 0) is 38.1 Å². The number of hydrogen-bond acceptors (Lipinski definition) is 3. The van der Waals surface area contributed by atoms with E-state index in [2.05, 4.69) is 19.2 Å². The minimum absolute atomic E-state index is 0.118. The molecule has 0 aliphatic rings. The lowest BCUT2D eigenvalue weighted by Gasteiger charge is -2.18. The first kappa shape index (κ1) is 16.3. The van der Waals surface area contributed by atoms with Gasteiger partial charge in [-0.2, -0.15) is 0 Å². The average Bonchev–Trinajstić information content (AvgIpc) is 2.88. The molecule has 1 unspecified atom stereocenters. The van der Waals surface area contributed by atoms with Crippen molar-refractivity contribution in [1.29, 1.82) is 0 Å². The van der Waals surface area contributed by atoms with E-state index in [9.17, 15) is 4.39 Å². The molecule has 0 saturated heterocycles. The van der Waals surface area contributed by atoms with Crippen LogP contribution in [-0.4, -0.2) is 6.54 Å². The van der Waals surface area contributed by atoms with E-state index in [1.807, 2.05) is 12.1 Å². The number of halogens is 2. The lowest BCUT2D eigenvalue weighted by Crippen LogP contribution is -2.20. The summed E-state index contributed by atoms with van der Waals surface area (Å²) in [6.07, 6.45) is 1.05. The minimum Gasteiger partial charge on any atom is -0.488 e. The quantitative estimate of drug-likeness (QED) is 0.756. The number of hydrogen-bond donors (Lipinski definition) is 1. The average molecular weight is 328 g/mol. The lowest BCUT2D eigenvalue weighted by molar-refractivity contribution is 0.301. The Morgan fingerprint density at radius 1 is 1.33 bits per heavy atom. The van der Waals surface area contributed by atoms with Gasteiger partial charge in [0.05, 0.1) is 4.34 Å². The molecule has 1 N–H and O–H groups in total. The molecule has 0 fully saturated rings. The largest absolute Gasteiger partial charge is 0.488 e. The maximum absolute atomic E-state index is 13.5. The van der Waals surface area contributed by atoms with E-state index < -0.39 is 0 Å². The molecule has 0 aliphatic heterocycles. The minimum atomic E-state index is -0.291. The van der Waals surface area contributed by atoms with Crippen LogP contribution in [0.15, 0.2) is 30.3 Å². The lowest BCUT2D eigenvalue weighted by atomic mass is 10.1. The van der Waals surface area contributed by atoms with E-state index >= 15 is 0 Å². The van der Waals surface area contributed by atoms with Crippen LogP contribution in [0.5, 0.6) is 5.75 Å². The molecular weight excluding hydrogens is 309 g/mol. The van der Waals surface area contributed by atoms with Crippen molar-refractivity contribution in [3.05, 3.63) is 50.9 Å². The standard InChI is InChI=1S/C16H19ClFNOS/c1-3-8-19-11(2)14-6-4-12(18)9-15(14)20-10-13-5-7-16(17)21-13/h4-7,9,11,19H,3,8,10H2,1-2H3. The summed E-state index contributed by atoms with van der Waals surface area (Å²) in [5, 5.41) is 3.39. The Morgan fingerprint density at radius 2 is 2.14 bits per heavy atom. The molecule has 1 heterocycles. The van der Waals surface area contributed by atoms with E-state index in [0.29, 0.717) is 12.4 Å². The molecule has 1 aromatic carbocycles. The first-order valence-electron chi connectivity index (χ1n) is 7.00. The van der Waals surface area contributed by atoms with Crippen LogP contribution in [0, 0.1) is 5.82 Å². The molecule has 0 amide bonds. The Morgan fingerprint density at radius 3 is 2.81 bits per heavy atom. The van der Waals surface area contributed by atoms with Crippen LogP contribution >= 0.6 is 22.9 Å². The van der Waals surface area contributed by atoms with E-state index in [1.165, 1.54) is 23.5 Å². The van der Waals surface area contributed by atoms with Gasteiger partial charge in [0.2, 0.25) is 0 Å². The first-order chi connectivity index (χ1) is 10.1. The van der Waals surface area contributed by atoms with Crippen LogP contribution in [0.4, 0.5) is 4.39 Å². The van der Waals surface area contributed by atoms with Crippen molar-refractivity contribution in [3.8, 4) is 5.75 Å². The summed E-state index contributed by atoms with van der Waals surface area (Å²) in [5.41, 5.74) is 0.965. The Kier molecular flexibility index (Phi) is 6.03. The maximum atomic E-state index is 13.5. The normalized spacial score (nSPS) is 12.4. The van der Waals surface area contributed by atoms with Gasteiger partial charge < -0.3 is 10.1 Å². The summed E-state index contributed by atoms with van der Waals surface area (Å²) in [6.45, 7) is 5.48. The third kappa shape index (κ3) is 4.70. The fourth-order valence-electron chi connectivity index (χ4n) is 2.04. The molecule has 0 aliphatic carbocycles.